The molecule has 0 unspecified atom stereocenters. The Hall–Kier alpha value is -2.67. The van der Waals surface area contributed by atoms with E-state index in [-0.39, 0.29) is 0 Å². The normalized spacial score (nSPS) is 16.3. The van der Waals surface area contributed by atoms with Crippen LogP contribution in [-0.4, -0.2) is 54.3 Å². The summed E-state index contributed by atoms with van der Waals surface area (Å²) in [6, 6.07) is 16.4. The number of hydrogen-bond donors (Lipinski definition) is 3. The Bertz CT molecular complexity index is 1020. The summed E-state index contributed by atoms with van der Waals surface area (Å²) in [4.78, 5) is 6.78. The van der Waals surface area contributed by atoms with Gasteiger partial charge in [0.05, 0.1) is 18.7 Å². The molecule has 2 heterocycles. The maximum Gasteiger partial charge on any atom is 0.119 e. The summed E-state index contributed by atoms with van der Waals surface area (Å²) in [5.74, 6) is 0.779. The van der Waals surface area contributed by atoms with Gasteiger partial charge < -0.3 is 25.8 Å². The molecule has 0 radical (unpaired) electrons. The number of hydrogen-bond acceptors (Lipinski definition) is 6. The van der Waals surface area contributed by atoms with Crippen molar-refractivity contribution in [3.05, 3.63) is 65.9 Å². The molecule has 4 rings (SSSR count). The van der Waals surface area contributed by atoms with Crippen molar-refractivity contribution in [3.63, 3.8) is 0 Å². The molecule has 3 aromatic rings. The van der Waals surface area contributed by atoms with Gasteiger partial charge >= 0.3 is 0 Å². The number of likely N-dealkylation sites (tertiary alicyclic amines) is 1. The zero-order chi connectivity index (χ0) is 22.3. The summed E-state index contributed by atoms with van der Waals surface area (Å²) in [6.45, 7) is 3.63. The molecule has 0 amide bonds. The minimum Gasteiger partial charge on any atom is -0.497 e. The van der Waals surface area contributed by atoms with Gasteiger partial charge in [-0.05, 0) is 86.8 Å². The predicted octanol–water partition coefficient (Wildman–Crippen LogP) is 3.55. The van der Waals surface area contributed by atoms with Crippen LogP contribution in [-0.2, 0) is 6.42 Å². The van der Waals surface area contributed by atoms with Crippen molar-refractivity contribution in [2.45, 2.75) is 37.8 Å². The van der Waals surface area contributed by atoms with Gasteiger partial charge in [0.15, 0.2) is 0 Å². The van der Waals surface area contributed by atoms with Crippen LogP contribution in [0.15, 0.2) is 54.7 Å². The largest absolute Gasteiger partial charge is 0.497 e. The zero-order valence-corrected chi connectivity index (χ0v) is 18.8. The van der Waals surface area contributed by atoms with E-state index in [1.165, 1.54) is 5.56 Å². The predicted molar refractivity (Wildman–Crippen MR) is 130 cm³/mol. The first-order valence-corrected chi connectivity index (χ1v) is 11.5. The van der Waals surface area contributed by atoms with E-state index >= 15 is 0 Å². The van der Waals surface area contributed by atoms with E-state index in [9.17, 15) is 5.11 Å². The second-order valence-corrected chi connectivity index (χ2v) is 8.63. The third kappa shape index (κ3) is 5.57. The minimum absolute atomic E-state index is 0.544. The Balaban J connectivity index is 1.24. The lowest BCUT2D eigenvalue weighted by Crippen LogP contribution is -2.44. The SMILES string of the molecule is COc1ccc2nccc([C@@H](O)CN3CCC(NCCCc4ccccc4N)CC3)c2c1. The number of fused-ring (bicyclic) bond motifs is 1. The first-order chi connectivity index (χ1) is 15.6. The molecule has 6 heteroatoms. The Morgan fingerprint density at radius 3 is 2.78 bits per heavy atom. The highest BCUT2D eigenvalue weighted by Crippen LogP contribution is 2.27. The number of pyridine rings is 1. The standard InChI is InChI=1S/C26H34N4O2/c1-32-21-8-9-25-23(17-21)22(10-14-29-25)26(31)18-30-15-11-20(12-16-30)28-13-4-6-19-5-2-3-7-24(19)27/h2-3,5,7-10,14,17,20,26,28,31H,4,6,11-13,15-16,18,27H2,1H3/t26-/m0/s1. The summed E-state index contributed by atoms with van der Waals surface area (Å²) in [7, 11) is 1.66. The number of nitrogens with zero attached hydrogens (tertiary/aromatic N) is 2. The minimum atomic E-state index is -0.548. The first-order valence-electron chi connectivity index (χ1n) is 11.5. The van der Waals surface area contributed by atoms with E-state index in [0.29, 0.717) is 12.6 Å². The number of aliphatic hydroxyl groups is 1. The molecule has 1 fully saturated rings. The molecule has 170 valence electrons. The number of ether oxygens (including phenoxy) is 1. The first kappa shape index (κ1) is 22.5. The quantitative estimate of drug-likeness (QED) is 0.353. The molecule has 2 aromatic carbocycles. The van der Waals surface area contributed by atoms with Gasteiger partial charge in [-0.25, -0.2) is 0 Å². The molecule has 4 N–H and O–H groups in total. The van der Waals surface area contributed by atoms with Crippen LogP contribution in [0.3, 0.4) is 0 Å². The Labute approximate surface area is 190 Å². The van der Waals surface area contributed by atoms with Gasteiger partial charge in [0, 0.05) is 29.9 Å². The van der Waals surface area contributed by atoms with E-state index in [0.717, 1.165) is 73.2 Å². The fraction of sp³-hybridized carbons (Fsp3) is 0.423. The number of para-hydroxylation sites is 1. The Morgan fingerprint density at radius 2 is 2.00 bits per heavy atom. The van der Waals surface area contributed by atoms with E-state index in [1.807, 2.05) is 36.4 Å². The smallest absolute Gasteiger partial charge is 0.119 e. The summed E-state index contributed by atoms with van der Waals surface area (Å²) in [5, 5.41) is 15.6. The molecule has 1 aromatic heterocycles. The molecule has 1 saturated heterocycles. The van der Waals surface area contributed by atoms with Crippen LogP contribution in [0.4, 0.5) is 5.69 Å². The molecule has 1 aliphatic rings. The third-order valence-electron chi connectivity index (χ3n) is 6.47. The van der Waals surface area contributed by atoms with Crippen LogP contribution in [0.1, 0.15) is 36.5 Å². The van der Waals surface area contributed by atoms with Crippen molar-refractivity contribution in [1.29, 1.82) is 0 Å². The van der Waals surface area contributed by atoms with Gasteiger partial charge in [0.25, 0.3) is 0 Å². The number of nitrogens with two attached hydrogens (primary N) is 1. The molecule has 0 spiro atoms. The summed E-state index contributed by atoms with van der Waals surface area (Å²) >= 11 is 0. The van der Waals surface area contributed by atoms with E-state index < -0.39 is 6.10 Å². The van der Waals surface area contributed by atoms with Gasteiger partial charge in [0.1, 0.15) is 5.75 Å². The van der Waals surface area contributed by atoms with Crippen LogP contribution < -0.4 is 15.8 Å². The number of rotatable bonds is 9. The van der Waals surface area contributed by atoms with E-state index in [1.54, 1.807) is 13.3 Å². The molecule has 0 aliphatic carbocycles. The van der Waals surface area contributed by atoms with Crippen molar-refractivity contribution >= 4 is 16.6 Å². The van der Waals surface area contributed by atoms with Crippen LogP contribution in [0.2, 0.25) is 0 Å². The number of aromatic nitrogens is 1. The fourth-order valence-electron chi connectivity index (χ4n) is 4.57. The monoisotopic (exact) mass is 434 g/mol. The number of benzene rings is 2. The number of piperidine rings is 1. The number of methoxy groups -OCH3 is 1. The molecule has 6 nitrogen and oxygen atoms in total. The van der Waals surface area contributed by atoms with Crippen LogP contribution in [0.5, 0.6) is 5.75 Å². The van der Waals surface area contributed by atoms with Crippen LogP contribution in [0.25, 0.3) is 10.9 Å². The third-order valence-corrected chi connectivity index (χ3v) is 6.47. The number of aryl methyl sites for hydroxylation is 1. The lowest BCUT2D eigenvalue weighted by atomic mass is 10.0. The Kier molecular flexibility index (Phi) is 7.58. The maximum atomic E-state index is 11.0. The summed E-state index contributed by atoms with van der Waals surface area (Å²) in [5.41, 5.74) is 9.94. The molecule has 1 aliphatic heterocycles. The number of aliphatic hydroxyl groups excluding tert-OH is 1. The average Bonchev–Trinajstić information content (AvgIpc) is 2.83. The lowest BCUT2D eigenvalue weighted by Gasteiger charge is -2.33. The van der Waals surface area contributed by atoms with Crippen molar-refractivity contribution in [1.82, 2.24) is 15.2 Å². The van der Waals surface area contributed by atoms with E-state index in [4.69, 9.17) is 10.5 Å². The van der Waals surface area contributed by atoms with Gasteiger partial charge in [0.2, 0.25) is 0 Å². The second kappa shape index (κ2) is 10.8. The molecule has 1 atom stereocenters. The molecule has 32 heavy (non-hydrogen) atoms. The van der Waals surface area contributed by atoms with Crippen LogP contribution in [0, 0.1) is 0 Å². The fourth-order valence-corrected chi connectivity index (χ4v) is 4.57. The maximum absolute atomic E-state index is 11.0. The summed E-state index contributed by atoms with van der Waals surface area (Å²) < 4.78 is 5.36. The average molecular weight is 435 g/mol. The lowest BCUT2D eigenvalue weighted by molar-refractivity contribution is 0.0950. The van der Waals surface area contributed by atoms with Crippen molar-refractivity contribution in [2.75, 3.05) is 39.0 Å². The van der Waals surface area contributed by atoms with Gasteiger partial charge in [-0.15, -0.1) is 0 Å². The highest BCUT2D eigenvalue weighted by molar-refractivity contribution is 5.83. The van der Waals surface area contributed by atoms with Gasteiger partial charge in [-0.3, -0.25) is 4.98 Å². The number of nitrogen functional groups attached to an aromatic ring is 1. The highest BCUT2D eigenvalue weighted by Gasteiger charge is 2.22. The number of β-amino-alcohol motifs (C(OH)–C–C–N with tert-alkyl or cyclic N) is 1. The highest BCUT2D eigenvalue weighted by atomic mass is 16.5. The number of anilines is 1. The molecule has 0 saturated carbocycles. The zero-order valence-electron chi connectivity index (χ0n) is 18.8. The molecule has 0 bridgehead atoms. The topological polar surface area (TPSA) is 83.6 Å². The van der Waals surface area contributed by atoms with Crippen molar-refractivity contribution in [2.24, 2.45) is 0 Å². The Morgan fingerprint density at radius 1 is 1.19 bits per heavy atom. The van der Waals surface area contributed by atoms with Gasteiger partial charge in [-0.2, -0.15) is 0 Å². The van der Waals surface area contributed by atoms with Crippen LogP contribution >= 0.6 is 0 Å². The molecular weight excluding hydrogens is 400 g/mol. The van der Waals surface area contributed by atoms with Crippen molar-refractivity contribution in [3.8, 4) is 5.75 Å². The second-order valence-electron chi connectivity index (χ2n) is 8.63. The summed E-state index contributed by atoms with van der Waals surface area (Å²) in [6.07, 6.45) is 5.53. The van der Waals surface area contributed by atoms with E-state index in [2.05, 4.69) is 27.3 Å². The van der Waals surface area contributed by atoms with Crippen molar-refractivity contribution < 1.29 is 9.84 Å². The van der Waals surface area contributed by atoms with Gasteiger partial charge in [-0.1, -0.05) is 18.2 Å². The molecular formula is C26H34N4O2. The number of nitrogens with one attached hydrogen (secondary N) is 1.